The fourth-order valence-electron chi connectivity index (χ4n) is 3.98. The summed E-state index contributed by atoms with van der Waals surface area (Å²) in [4.78, 5) is 26.2. The number of anilines is 3. The molecule has 34 heavy (non-hydrogen) atoms. The van der Waals surface area contributed by atoms with Gasteiger partial charge in [0.25, 0.3) is 0 Å². The molecule has 1 aromatic heterocycles. The summed E-state index contributed by atoms with van der Waals surface area (Å²) in [6.45, 7) is 13.0. The number of aromatic nitrogens is 2. The van der Waals surface area contributed by atoms with Gasteiger partial charge in [-0.15, -0.1) is 0 Å². The number of hydrogen-bond acceptors (Lipinski definition) is 7. The number of morpholine rings is 1. The van der Waals surface area contributed by atoms with E-state index < -0.39 is 0 Å². The van der Waals surface area contributed by atoms with E-state index in [0.29, 0.717) is 44.5 Å². The SMILES string of the molecule is Cc1ccc(NC(=O)NCCC(C)(C)C)cc1-c1cc(N2CCOCC2)nc(N2CC(O)C2)n1. The summed E-state index contributed by atoms with van der Waals surface area (Å²) < 4.78 is 5.50. The number of β-amino-alcohol motifs (C(OH)–C–C–N with tert-alkyl or cyclic N) is 1. The lowest BCUT2D eigenvalue weighted by Crippen LogP contribution is -2.51. The Labute approximate surface area is 201 Å². The van der Waals surface area contributed by atoms with Crippen molar-refractivity contribution < 1.29 is 14.6 Å². The van der Waals surface area contributed by atoms with Gasteiger partial charge >= 0.3 is 6.03 Å². The van der Waals surface area contributed by atoms with Crippen molar-refractivity contribution in [1.82, 2.24) is 15.3 Å². The third kappa shape index (κ3) is 6.15. The molecule has 0 bridgehead atoms. The summed E-state index contributed by atoms with van der Waals surface area (Å²) in [7, 11) is 0. The van der Waals surface area contributed by atoms with Crippen LogP contribution >= 0.6 is 0 Å². The molecule has 3 N–H and O–H groups in total. The van der Waals surface area contributed by atoms with Crippen LogP contribution in [0.4, 0.5) is 22.2 Å². The van der Waals surface area contributed by atoms with Crippen molar-refractivity contribution in [2.24, 2.45) is 5.41 Å². The lowest BCUT2D eigenvalue weighted by Gasteiger charge is -2.37. The van der Waals surface area contributed by atoms with Gasteiger partial charge in [-0.05, 0) is 36.5 Å². The van der Waals surface area contributed by atoms with Crippen molar-refractivity contribution in [2.45, 2.75) is 40.2 Å². The number of aliphatic hydroxyl groups is 1. The van der Waals surface area contributed by atoms with Gasteiger partial charge in [0, 0.05) is 50.0 Å². The molecule has 0 aliphatic carbocycles. The third-order valence-electron chi connectivity index (χ3n) is 6.11. The van der Waals surface area contributed by atoms with Crippen molar-refractivity contribution in [3.8, 4) is 11.3 Å². The van der Waals surface area contributed by atoms with E-state index in [2.05, 4.69) is 36.3 Å². The molecule has 0 atom stereocenters. The first-order valence-corrected chi connectivity index (χ1v) is 12.0. The summed E-state index contributed by atoms with van der Waals surface area (Å²) in [5.74, 6) is 1.46. The lowest BCUT2D eigenvalue weighted by molar-refractivity contribution is 0.122. The molecule has 184 valence electrons. The Balaban J connectivity index is 1.57. The highest BCUT2D eigenvalue weighted by Crippen LogP contribution is 2.31. The van der Waals surface area contributed by atoms with Crippen LogP contribution in [0.2, 0.25) is 0 Å². The number of carbonyl (C=O) groups excluding carboxylic acids is 1. The van der Waals surface area contributed by atoms with E-state index in [-0.39, 0.29) is 17.6 Å². The average Bonchev–Trinajstić information content (AvgIpc) is 2.77. The molecular formula is C25H36N6O3. The quantitative estimate of drug-likeness (QED) is 0.599. The maximum Gasteiger partial charge on any atom is 0.319 e. The van der Waals surface area contributed by atoms with Gasteiger partial charge in [-0.3, -0.25) is 0 Å². The van der Waals surface area contributed by atoms with Crippen LogP contribution < -0.4 is 20.4 Å². The van der Waals surface area contributed by atoms with E-state index >= 15 is 0 Å². The molecule has 0 radical (unpaired) electrons. The standard InChI is InChI=1S/C25H36N6O3/c1-17-5-6-18(27-24(33)26-8-7-25(2,3)4)13-20(17)21-14-22(30-9-11-34-12-10-30)29-23(28-21)31-15-19(32)16-31/h5-6,13-14,19,32H,7-12,15-16H2,1-4H3,(H2,26,27,33). The Kier molecular flexibility index (Phi) is 7.23. The number of benzene rings is 1. The molecule has 4 rings (SSSR count). The van der Waals surface area contributed by atoms with Crippen molar-refractivity contribution >= 4 is 23.5 Å². The number of amides is 2. The highest BCUT2D eigenvalue weighted by molar-refractivity contribution is 5.90. The summed E-state index contributed by atoms with van der Waals surface area (Å²) in [6.07, 6.45) is 0.559. The molecule has 2 amide bonds. The van der Waals surface area contributed by atoms with Gasteiger partial charge in [0.15, 0.2) is 0 Å². The Morgan fingerprint density at radius 2 is 1.88 bits per heavy atom. The van der Waals surface area contributed by atoms with Crippen molar-refractivity contribution in [3.05, 3.63) is 29.8 Å². The van der Waals surface area contributed by atoms with Gasteiger partial charge in [0.2, 0.25) is 5.95 Å². The van der Waals surface area contributed by atoms with E-state index in [1.807, 2.05) is 36.1 Å². The Morgan fingerprint density at radius 3 is 2.56 bits per heavy atom. The van der Waals surface area contributed by atoms with Crippen LogP contribution in [0.5, 0.6) is 0 Å². The van der Waals surface area contributed by atoms with Crippen molar-refractivity contribution in [3.63, 3.8) is 0 Å². The Morgan fingerprint density at radius 1 is 1.15 bits per heavy atom. The maximum absolute atomic E-state index is 12.4. The molecule has 2 fully saturated rings. The number of nitrogens with zero attached hydrogens (tertiary/aromatic N) is 4. The molecule has 9 nitrogen and oxygen atoms in total. The van der Waals surface area contributed by atoms with Crippen LogP contribution in [0.3, 0.4) is 0 Å². The van der Waals surface area contributed by atoms with E-state index in [0.717, 1.165) is 42.1 Å². The molecule has 0 saturated carbocycles. The zero-order valence-corrected chi connectivity index (χ0v) is 20.6. The molecule has 9 heteroatoms. The first kappa shape index (κ1) is 24.2. The number of carbonyl (C=O) groups is 1. The Hall–Kier alpha value is -2.91. The maximum atomic E-state index is 12.4. The predicted octanol–water partition coefficient (Wildman–Crippen LogP) is 3.03. The van der Waals surface area contributed by atoms with E-state index in [4.69, 9.17) is 14.7 Å². The molecule has 1 aromatic carbocycles. The fourth-order valence-corrected chi connectivity index (χ4v) is 3.98. The summed E-state index contributed by atoms with van der Waals surface area (Å²) in [6, 6.07) is 7.63. The smallest absolute Gasteiger partial charge is 0.319 e. The van der Waals surface area contributed by atoms with Crippen LogP contribution in [-0.2, 0) is 4.74 Å². The van der Waals surface area contributed by atoms with Crippen molar-refractivity contribution in [2.75, 3.05) is 61.1 Å². The molecule has 2 aliphatic heterocycles. The topological polar surface area (TPSA) is 103 Å². The number of nitrogens with one attached hydrogen (secondary N) is 2. The minimum atomic E-state index is -0.342. The monoisotopic (exact) mass is 468 g/mol. The average molecular weight is 469 g/mol. The summed E-state index contributed by atoms with van der Waals surface area (Å²) in [5, 5.41) is 15.7. The first-order chi connectivity index (χ1) is 16.2. The summed E-state index contributed by atoms with van der Waals surface area (Å²) >= 11 is 0. The van der Waals surface area contributed by atoms with Crippen LogP contribution in [0.1, 0.15) is 32.8 Å². The van der Waals surface area contributed by atoms with E-state index in [1.165, 1.54) is 0 Å². The van der Waals surface area contributed by atoms with Gasteiger partial charge in [0.1, 0.15) is 5.82 Å². The highest BCUT2D eigenvalue weighted by atomic mass is 16.5. The van der Waals surface area contributed by atoms with Gasteiger partial charge in [0.05, 0.1) is 25.0 Å². The number of rotatable bonds is 6. The Bertz CT molecular complexity index is 1010. The van der Waals surface area contributed by atoms with E-state index in [9.17, 15) is 9.90 Å². The number of aliphatic hydroxyl groups excluding tert-OH is 1. The minimum Gasteiger partial charge on any atom is -0.389 e. The number of hydrogen-bond donors (Lipinski definition) is 3. The molecule has 2 saturated heterocycles. The lowest BCUT2D eigenvalue weighted by atomic mass is 9.92. The summed E-state index contributed by atoms with van der Waals surface area (Å²) in [5.41, 5.74) is 3.66. The van der Waals surface area contributed by atoms with Crippen molar-refractivity contribution in [1.29, 1.82) is 0 Å². The zero-order valence-electron chi connectivity index (χ0n) is 20.6. The highest BCUT2D eigenvalue weighted by Gasteiger charge is 2.28. The second-order valence-corrected chi connectivity index (χ2v) is 10.3. The van der Waals surface area contributed by atoms with Crippen LogP contribution in [0, 0.1) is 12.3 Å². The number of aryl methyl sites for hydroxylation is 1. The van der Waals surface area contributed by atoms with Crippen LogP contribution in [-0.4, -0.2) is 73.1 Å². The number of ether oxygens (including phenoxy) is 1. The molecular weight excluding hydrogens is 432 g/mol. The second kappa shape index (κ2) is 10.1. The molecule has 0 spiro atoms. The second-order valence-electron chi connectivity index (χ2n) is 10.3. The van der Waals surface area contributed by atoms with E-state index in [1.54, 1.807) is 0 Å². The van der Waals surface area contributed by atoms with Crippen LogP contribution in [0.15, 0.2) is 24.3 Å². The molecule has 2 aliphatic rings. The van der Waals surface area contributed by atoms with Gasteiger partial charge < -0.3 is 30.3 Å². The molecule has 2 aromatic rings. The molecule has 0 unspecified atom stereocenters. The minimum absolute atomic E-state index is 0.166. The normalized spacial score (nSPS) is 16.9. The number of urea groups is 1. The van der Waals surface area contributed by atoms with Gasteiger partial charge in [-0.25, -0.2) is 9.78 Å². The molecule has 3 heterocycles. The van der Waals surface area contributed by atoms with Gasteiger partial charge in [-0.2, -0.15) is 4.98 Å². The third-order valence-corrected chi connectivity index (χ3v) is 6.11. The zero-order chi connectivity index (χ0) is 24.3. The fraction of sp³-hybridized carbons (Fsp3) is 0.560. The largest absolute Gasteiger partial charge is 0.389 e. The van der Waals surface area contributed by atoms with Gasteiger partial charge in [-0.1, -0.05) is 26.8 Å². The predicted molar refractivity (Wildman–Crippen MR) is 135 cm³/mol. The van der Waals surface area contributed by atoms with Crippen LogP contribution in [0.25, 0.3) is 11.3 Å². The first-order valence-electron chi connectivity index (χ1n) is 12.0.